The number of hydrogen-bond acceptors (Lipinski definition) is 4. The fraction of sp³-hybridized carbons (Fsp3) is 0.136. The van der Waals surface area contributed by atoms with Crippen molar-refractivity contribution < 1.29 is 4.79 Å². The van der Waals surface area contributed by atoms with E-state index in [-0.39, 0.29) is 18.2 Å². The van der Waals surface area contributed by atoms with E-state index in [0.717, 1.165) is 16.7 Å². The zero-order chi connectivity index (χ0) is 20.8. The number of benzene rings is 2. The van der Waals surface area contributed by atoms with E-state index in [1.54, 1.807) is 30.5 Å². The van der Waals surface area contributed by atoms with Crippen LogP contribution in [0.2, 0.25) is 5.02 Å². The Morgan fingerprint density at radius 1 is 1.03 bits per heavy atom. The Morgan fingerprint density at radius 3 is 2.48 bits per heavy atom. The summed E-state index contributed by atoms with van der Waals surface area (Å²) in [6.45, 7) is 0.0352. The Morgan fingerprint density at radius 2 is 1.76 bits per heavy atom. The highest BCUT2D eigenvalue weighted by atomic mass is 35.5. The van der Waals surface area contributed by atoms with Crippen molar-refractivity contribution in [2.24, 2.45) is 0 Å². The molecule has 0 radical (unpaired) electrons. The molecule has 0 aliphatic rings. The summed E-state index contributed by atoms with van der Waals surface area (Å²) >= 11 is 11.8. The number of nitrogen functional groups attached to an aromatic ring is 1. The molecule has 3 aromatic rings. The van der Waals surface area contributed by atoms with E-state index in [0.29, 0.717) is 34.1 Å². The number of amides is 1. The molecule has 1 aromatic heterocycles. The number of carbonyl (C=O) groups excluding carboxylic acids is 1. The SMILES string of the molecule is N=C(CNC(=O)c1cncc(Cc2ccc(CCl)cc2)c1)c1cc(Cl)ccc1N. The maximum atomic E-state index is 12.5. The van der Waals surface area contributed by atoms with Gasteiger partial charge in [0.15, 0.2) is 0 Å². The van der Waals surface area contributed by atoms with Crippen LogP contribution in [0.4, 0.5) is 5.69 Å². The molecule has 0 fully saturated rings. The molecule has 1 amide bonds. The predicted molar refractivity (Wildman–Crippen MR) is 118 cm³/mol. The number of pyridine rings is 1. The molecule has 0 saturated carbocycles. The van der Waals surface area contributed by atoms with Gasteiger partial charge in [0, 0.05) is 34.5 Å². The topological polar surface area (TPSA) is 91.9 Å². The van der Waals surface area contributed by atoms with Gasteiger partial charge in [0.2, 0.25) is 0 Å². The molecule has 5 nitrogen and oxygen atoms in total. The second-order valence-corrected chi connectivity index (χ2v) is 7.31. The number of nitrogens with zero attached hydrogens (tertiary/aromatic N) is 1. The lowest BCUT2D eigenvalue weighted by Gasteiger charge is -2.10. The Labute approximate surface area is 179 Å². The van der Waals surface area contributed by atoms with Crippen LogP contribution >= 0.6 is 23.2 Å². The molecule has 0 saturated heterocycles. The minimum Gasteiger partial charge on any atom is -0.398 e. The lowest BCUT2D eigenvalue weighted by atomic mass is 10.0. The molecule has 7 heteroatoms. The highest BCUT2D eigenvalue weighted by molar-refractivity contribution is 6.31. The fourth-order valence-corrected chi connectivity index (χ4v) is 3.20. The molecule has 1 heterocycles. The number of aromatic nitrogens is 1. The molecule has 29 heavy (non-hydrogen) atoms. The van der Waals surface area contributed by atoms with Gasteiger partial charge in [-0.1, -0.05) is 35.9 Å². The number of anilines is 1. The highest BCUT2D eigenvalue weighted by Crippen LogP contribution is 2.18. The van der Waals surface area contributed by atoms with Crippen molar-refractivity contribution in [1.29, 1.82) is 5.41 Å². The van der Waals surface area contributed by atoms with Crippen LogP contribution in [0.3, 0.4) is 0 Å². The number of nitrogens with two attached hydrogens (primary N) is 1. The minimum absolute atomic E-state index is 0.0352. The van der Waals surface area contributed by atoms with Crippen LogP contribution in [0.1, 0.15) is 32.6 Å². The highest BCUT2D eigenvalue weighted by Gasteiger charge is 2.11. The van der Waals surface area contributed by atoms with Crippen molar-refractivity contribution in [3.63, 3.8) is 0 Å². The van der Waals surface area contributed by atoms with Gasteiger partial charge in [-0.25, -0.2) is 0 Å². The first-order valence-electron chi connectivity index (χ1n) is 8.95. The second-order valence-electron chi connectivity index (χ2n) is 6.60. The molecule has 3 rings (SSSR count). The summed E-state index contributed by atoms with van der Waals surface area (Å²) in [4.78, 5) is 16.7. The summed E-state index contributed by atoms with van der Waals surface area (Å²) < 4.78 is 0. The average Bonchev–Trinajstić information content (AvgIpc) is 2.74. The first-order chi connectivity index (χ1) is 14.0. The first-order valence-corrected chi connectivity index (χ1v) is 9.86. The van der Waals surface area contributed by atoms with Gasteiger partial charge in [-0.05, 0) is 47.4 Å². The second kappa shape index (κ2) is 9.54. The summed E-state index contributed by atoms with van der Waals surface area (Å²) in [7, 11) is 0. The van der Waals surface area contributed by atoms with E-state index in [4.69, 9.17) is 34.3 Å². The van der Waals surface area contributed by atoms with Crippen LogP contribution in [0.15, 0.2) is 60.9 Å². The number of halogens is 2. The predicted octanol–water partition coefficient (Wildman–Crippen LogP) is 4.44. The molecule has 0 spiro atoms. The Bertz CT molecular complexity index is 1040. The third-order valence-corrected chi connectivity index (χ3v) is 4.95. The Kier molecular flexibility index (Phi) is 6.86. The summed E-state index contributed by atoms with van der Waals surface area (Å²) in [6.07, 6.45) is 3.90. The quantitative estimate of drug-likeness (QED) is 0.296. The van der Waals surface area contributed by atoms with Crippen molar-refractivity contribution in [3.8, 4) is 0 Å². The lowest BCUT2D eigenvalue weighted by molar-refractivity contribution is 0.0959. The van der Waals surface area contributed by atoms with Crippen molar-refractivity contribution >= 4 is 40.5 Å². The number of rotatable bonds is 7. The van der Waals surface area contributed by atoms with Crippen molar-refractivity contribution in [1.82, 2.24) is 10.3 Å². The van der Waals surface area contributed by atoms with Gasteiger partial charge < -0.3 is 16.5 Å². The van der Waals surface area contributed by atoms with E-state index in [1.807, 2.05) is 24.3 Å². The zero-order valence-electron chi connectivity index (χ0n) is 15.6. The van der Waals surface area contributed by atoms with Gasteiger partial charge in [0.1, 0.15) is 0 Å². The maximum absolute atomic E-state index is 12.5. The molecule has 2 aromatic carbocycles. The summed E-state index contributed by atoms with van der Waals surface area (Å²) in [6, 6.07) is 14.7. The van der Waals surface area contributed by atoms with Crippen LogP contribution in [0.5, 0.6) is 0 Å². The Hall–Kier alpha value is -2.89. The molecule has 0 atom stereocenters. The number of nitrogens with one attached hydrogen (secondary N) is 2. The van der Waals surface area contributed by atoms with Crippen molar-refractivity contribution in [2.75, 3.05) is 12.3 Å². The average molecular weight is 427 g/mol. The molecule has 0 aliphatic carbocycles. The van der Waals surface area contributed by atoms with Gasteiger partial charge in [0.25, 0.3) is 5.91 Å². The van der Waals surface area contributed by atoms with Gasteiger partial charge in [-0.15, -0.1) is 11.6 Å². The van der Waals surface area contributed by atoms with Gasteiger partial charge in [0.05, 0.1) is 17.8 Å². The van der Waals surface area contributed by atoms with Gasteiger partial charge >= 0.3 is 0 Å². The number of hydrogen-bond donors (Lipinski definition) is 3. The fourth-order valence-electron chi connectivity index (χ4n) is 2.85. The molecule has 0 bridgehead atoms. The molecule has 0 unspecified atom stereocenters. The number of alkyl halides is 1. The molecular formula is C22H20Cl2N4O. The van der Waals surface area contributed by atoms with E-state index < -0.39 is 0 Å². The lowest BCUT2D eigenvalue weighted by Crippen LogP contribution is -2.30. The third-order valence-electron chi connectivity index (χ3n) is 4.41. The molecule has 148 valence electrons. The van der Waals surface area contributed by atoms with Crippen LogP contribution in [-0.2, 0) is 12.3 Å². The first kappa shape index (κ1) is 20.8. The summed E-state index contributed by atoms with van der Waals surface area (Å²) in [5.41, 5.74) is 10.5. The van der Waals surface area contributed by atoms with Crippen LogP contribution in [0.25, 0.3) is 0 Å². The molecule has 4 N–H and O–H groups in total. The monoisotopic (exact) mass is 426 g/mol. The van der Waals surface area contributed by atoms with Gasteiger partial charge in [-0.2, -0.15) is 0 Å². The molecule has 0 aliphatic heterocycles. The zero-order valence-corrected chi connectivity index (χ0v) is 17.1. The van der Waals surface area contributed by atoms with Crippen molar-refractivity contribution in [2.45, 2.75) is 12.3 Å². The Balaban J connectivity index is 1.64. The molecular weight excluding hydrogens is 407 g/mol. The van der Waals surface area contributed by atoms with Crippen molar-refractivity contribution in [3.05, 3.63) is 93.8 Å². The minimum atomic E-state index is -0.304. The number of carbonyl (C=O) groups is 1. The maximum Gasteiger partial charge on any atom is 0.253 e. The van der Waals surface area contributed by atoms with E-state index in [1.165, 1.54) is 6.20 Å². The van der Waals surface area contributed by atoms with Crippen LogP contribution in [0, 0.1) is 5.41 Å². The van der Waals surface area contributed by atoms with Gasteiger partial charge in [-0.3, -0.25) is 9.78 Å². The van der Waals surface area contributed by atoms with Crippen LogP contribution in [-0.4, -0.2) is 23.1 Å². The summed E-state index contributed by atoms with van der Waals surface area (Å²) in [5, 5.41) is 11.4. The largest absolute Gasteiger partial charge is 0.398 e. The van der Waals surface area contributed by atoms with Crippen LogP contribution < -0.4 is 11.1 Å². The van der Waals surface area contributed by atoms with E-state index in [9.17, 15) is 4.79 Å². The standard InChI is InChI=1S/C22H20Cl2N4O/c23-10-15-3-1-14(2-4-15)7-16-8-17(12-27-11-16)22(29)28-13-21(26)19-9-18(24)5-6-20(19)25/h1-6,8-9,11-12,26H,7,10,13,25H2,(H,28,29). The summed E-state index contributed by atoms with van der Waals surface area (Å²) in [5.74, 6) is 0.176. The third kappa shape index (κ3) is 5.56. The normalized spacial score (nSPS) is 10.6. The van der Waals surface area contributed by atoms with E-state index in [2.05, 4.69) is 10.3 Å². The smallest absolute Gasteiger partial charge is 0.253 e. The van der Waals surface area contributed by atoms with E-state index >= 15 is 0 Å².